The number of hydrogen-bond donors (Lipinski definition) is 1. The number of aryl methyl sites for hydroxylation is 1. The van der Waals surface area contributed by atoms with Crippen molar-refractivity contribution in [1.82, 2.24) is 20.3 Å². The summed E-state index contributed by atoms with van der Waals surface area (Å²) in [5, 5.41) is 3.19. The van der Waals surface area contributed by atoms with Gasteiger partial charge in [-0.15, -0.1) is 0 Å². The lowest BCUT2D eigenvalue weighted by Gasteiger charge is -2.07. The number of rotatable bonds is 5. The van der Waals surface area contributed by atoms with Gasteiger partial charge in [-0.3, -0.25) is 9.97 Å². The van der Waals surface area contributed by atoms with Gasteiger partial charge in [-0.1, -0.05) is 6.92 Å². The Morgan fingerprint density at radius 1 is 1.22 bits per heavy atom. The first-order chi connectivity index (χ1) is 8.79. The molecule has 0 aromatic carbocycles. The highest BCUT2D eigenvalue weighted by Crippen LogP contribution is 2.20. The average Bonchev–Trinajstić information content (AvgIpc) is 2.41. The summed E-state index contributed by atoms with van der Waals surface area (Å²) in [4.78, 5) is 12.6. The van der Waals surface area contributed by atoms with Crippen molar-refractivity contribution in [2.75, 3.05) is 6.54 Å². The molecule has 0 atom stereocenters. The fraction of sp³-hybridized carbons (Fsp3) is 0.308. The summed E-state index contributed by atoms with van der Waals surface area (Å²) in [6.45, 7) is 5.57. The van der Waals surface area contributed by atoms with Crippen LogP contribution in [-0.4, -0.2) is 21.5 Å². The minimum absolute atomic E-state index is 0.478. The zero-order valence-corrected chi connectivity index (χ0v) is 10.6. The van der Waals surface area contributed by atoms with Crippen molar-refractivity contribution in [3.8, 4) is 11.6 Å². The van der Waals surface area contributed by atoms with Gasteiger partial charge in [0.15, 0.2) is 5.75 Å². The van der Waals surface area contributed by atoms with E-state index in [1.165, 1.54) is 0 Å². The summed E-state index contributed by atoms with van der Waals surface area (Å²) >= 11 is 0. The van der Waals surface area contributed by atoms with Crippen molar-refractivity contribution in [2.45, 2.75) is 20.4 Å². The van der Waals surface area contributed by atoms with Crippen LogP contribution in [0.3, 0.4) is 0 Å². The molecule has 0 aliphatic carbocycles. The van der Waals surface area contributed by atoms with Gasteiger partial charge in [0, 0.05) is 12.7 Å². The molecule has 0 aliphatic heterocycles. The van der Waals surface area contributed by atoms with Crippen LogP contribution in [0.1, 0.15) is 18.3 Å². The van der Waals surface area contributed by atoms with E-state index < -0.39 is 0 Å². The van der Waals surface area contributed by atoms with Crippen LogP contribution in [-0.2, 0) is 6.54 Å². The van der Waals surface area contributed by atoms with E-state index in [0.717, 1.165) is 24.5 Å². The fourth-order valence-electron chi connectivity index (χ4n) is 1.43. The van der Waals surface area contributed by atoms with E-state index in [4.69, 9.17) is 4.74 Å². The molecule has 1 N–H and O–H groups in total. The van der Waals surface area contributed by atoms with Gasteiger partial charge in [-0.05, 0) is 25.6 Å². The molecule has 0 unspecified atom stereocenters. The molecule has 94 valence electrons. The molecule has 0 fully saturated rings. The maximum Gasteiger partial charge on any atom is 0.237 e. The molecule has 0 amide bonds. The third kappa shape index (κ3) is 3.24. The highest BCUT2D eigenvalue weighted by molar-refractivity contribution is 5.29. The normalized spacial score (nSPS) is 10.3. The van der Waals surface area contributed by atoms with Gasteiger partial charge < -0.3 is 10.1 Å². The largest absolute Gasteiger partial charge is 0.436 e. The summed E-state index contributed by atoms with van der Waals surface area (Å²) in [5.41, 5.74) is 1.73. The second-order valence-electron chi connectivity index (χ2n) is 3.82. The van der Waals surface area contributed by atoms with Crippen molar-refractivity contribution in [3.05, 3.63) is 42.1 Å². The highest BCUT2D eigenvalue weighted by Gasteiger charge is 2.03. The Labute approximate surface area is 106 Å². The summed E-state index contributed by atoms with van der Waals surface area (Å²) in [5.74, 6) is 1.18. The molecule has 0 spiro atoms. The number of ether oxygens (including phenoxy) is 1. The molecule has 5 heteroatoms. The van der Waals surface area contributed by atoms with Crippen LogP contribution in [0.2, 0.25) is 0 Å². The van der Waals surface area contributed by atoms with Gasteiger partial charge >= 0.3 is 0 Å². The Morgan fingerprint density at radius 3 is 2.78 bits per heavy atom. The Balaban J connectivity index is 2.04. The molecule has 0 saturated carbocycles. The Kier molecular flexibility index (Phi) is 4.20. The predicted molar refractivity (Wildman–Crippen MR) is 68.5 cm³/mol. The highest BCUT2D eigenvalue weighted by atomic mass is 16.5. The molecule has 5 nitrogen and oxygen atoms in total. The third-order valence-electron chi connectivity index (χ3n) is 2.41. The quantitative estimate of drug-likeness (QED) is 0.872. The molecule has 18 heavy (non-hydrogen) atoms. The van der Waals surface area contributed by atoms with Crippen LogP contribution in [0.5, 0.6) is 11.6 Å². The van der Waals surface area contributed by atoms with Gasteiger partial charge in [0.2, 0.25) is 5.88 Å². The van der Waals surface area contributed by atoms with Gasteiger partial charge in [0.25, 0.3) is 0 Å². The Bertz CT molecular complexity index is 499. The number of nitrogens with zero attached hydrogens (tertiary/aromatic N) is 3. The van der Waals surface area contributed by atoms with E-state index in [1.807, 2.05) is 19.1 Å². The molecule has 0 saturated heterocycles. The smallest absolute Gasteiger partial charge is 0.237 e. The fourth-order valence-corrected chi connectivity index (χ4v) is 1.43. The molecule has 2 aromatic rings. The molecule has 0 aliphatic rings. The van der Waals surface area contributed by atoms with Gasteiger partial charge in [0.05, 0.1) is 23.8 Å². The monoisotopic (exact) mass is 244 g/mol. The van der Waals surface area contributed by atoms with Crippen LogP contribution in [0.25, 0.3) is 0 Å². The van der Waals surface area contributed by atoms with Crippen molar-refractivity contribution < 1.29 is 4.74 Å². The first-order valence-corrected chi connectivity index (χ1v) is 5.90. The molecular formula is C13H16N4O. The first-order valence-electron chi connectivity index (χ1n) is 5.90. The standard InChI is InChI=1S/C13H16N4O/c1-3-14-7-11-8-17-13(9-16-11)18-12-5-4-6-15-10(12)2/h4-6,8-9,14H,3,7H2,1-2H3. The van der Waals surface area contributed by atoms with Crippen molar-refractivity contribution >= 4 is 0 Å². The van der Waals surface area contributed by atoms with Gasteiger partial charge in [-0.25, -0.2) is 4.98 Å². The number of aromatic nitrogens is 3. The van der Waals surface area contributed by atoms with E-state index in [-0.39, 0.29) is 0 Å². The van der Waals surface area contributed by atoms with E-state index in [9.17, 15) is 0 Å². The van der Waals surface area contributed by atoms with Crippen LogP contribution < -0.4 is 10.1 Å². The average molecular weight is 244 g/mol. The van der Waals surface area contributed by atoms with Crippen LogP contribution in [0.15, 0.2) is 30.7 Å². The molecule has 0 radical (unpaired) electrons. The van der Waals surface area contributed by atoms with E-state index >= 15 is 0 Å². The van der Waals surface area contributed by atoms with Crippen LogP contribution in [0, 0.1) is 6.92 Å². The lowest BCUT2D eigenvalue weighted by atomic mass is 10.3. The summed E-state index contributed by atoms with van der Waals surface area (Å²) in [7, 11) is 0. The SMILES string of the molecule is CCNCc1cnc(Oc2cccnc2C)cn1. The zero-order chi connectivity index (χ0) is 12.8. The molecule has 2 rings (SSSR count). The van der Waals surface area contributed by atoms with Crippen molar-refractivity contribution in [1.29, 1.82) is 0 Å². The number of nitrogens with one attached hydrogen (secondary N) is 1. The minimum Gasteiger partial charge on any atom is -0.436 e. The van der Waals surface area contributed by atoms with Crippen molar-refractivity contribution in [2.24, 2.45) is 0 Å². The van der Waals surface area contributed by atoms with E-state index in [0.29, 0.717) is 11.6 Å². The van der Waals surface area contributed by atoms with Crippen molar-refractivity contribution in [3.63, 3.8) is 0 Å². The minimum atomic E-state index is 0.478. The maximum atomic E-state index is 5.61. The lowest BCUT2D eigenvalue weighted by molar-refractivity contribution is 0.452. The Morgan fingerprint density at radius 2 is 2.11 bits per heavy atom. The van der Waals surface area contributed by atoms with Crippen LogP contribution in [0.4, 0.5) is 0 Å². The third-order valence-corrected chi connectivity index (χ3v) is 2.41. The topological polar surface area (TPSA) is 59.9 Å². The van der Waals surface area contributed by atoms with Gasteiger partial charge in [-0.2, -0.15) is 0 Å². The Hall–Kier alpha value is -2.01. The molecule has 2 aromatic heterocycles. The predicted octanol–water partition coefficient (Wildman–Crippen LogP) is 2.08. The first kappa shape index (κ1) is 12.4. The van der Waals surface area contributed by atoms with Crippen LogP contribution >= 0.6 is 0 Å². The maximum absolute atomic E-state index is 5.61. The molecular weight excluding hydrogens is 228 g/mol. The lowest BCUT2D eigenvalue weighted by Crippen LogP contribution is -2.13. The van der Waals surface area contributed by atoms with Gasteiger partial charge in [0.1, 0.15) is 0 Å². The number of pyridine rings is 1. The zero-order valence-electron chi connectivity index (χ0n) is 10.6. The second kappa shape index (κ2) is 6.07. The summed E-state index contributed by atoms with van der Waals surface area (Å²) in [6, 6.07) is 3.69. The molecule has 0 bridgehead atoms. The number of hydrogen-bond acceptors (Lipinski definition) is 5. The molecule has 2 heterocycles. The van der Waals surface area contributed by atoms with E-state index in [1.54, 1.807) is 18.6 Å². The van der Waals surface area contributed by atoms with E-state index in [2.05, 4.69) is 27.2 Å². The summed E-state index contributed by atoms with van der Waals surface area (Å²) in [6.07, 6.45) is 5.07. The second-order valence-corrected chi connectivity index (χ2v) is 3.82. The summed E-state index contributed by atoms with van der Waals surface area (Å²) < 4.78 is 5.61.